The second-order valence-electron chi connectivity index (χ2n) is 6.73. The normalized spacial score (nSPS) is 11.0. The van der Waals surface area contributed by atoms with Gasteiger partial charge < -0.3 is 0 Å². The van der Waals surface area contributed by atoms with Crippen molar-refractivity contribution in [3.63, 3.8) is 0 Å². The van der Waals surface area contributed by atoms with E-state index in [1.54, 1.807) is 12.1 Å². The van der Waals surface area contributed by atoms with Gasteiger partial charge in [0, 0.05) is 17.0 Å². The molecule has 140 valence electrons. The third-order valence-electron chi connectivity index (χ3n) is 4.52. The number of aryl methyl sites for hydroxylation is 2. The minimum atomic E-state index is -0.199. The first-order chi connectivity index (χ1) is 13.6. The summed E-state index contributed by atoms with van der Waals surface area (Å²) in [5, 5.41) is 9.62. The first-order valence-electron chi connectivity index (χ1n) is 9.07. The van der Waals surface area contributed by atoms with E-state index < -0.39 is 0 Å². The maximum absolute atomic E-state index is 14.0. The van der Waals surface area contributed by atoms with E-state index in [4.69, 9.17) is 0 Å². The van der Waals surface area contributed by atoms with Gasteiger partial charge >= 0.3 is 0 Å². The molecular formula is C23H20FN3S. The molecule has 0 aliphatic rings. The predicted octanol–water partition coefficient (Wildman–Crippen LogP) is 5.98. The lowest BCUT2D eigenvalue weighted by atomic mass is 10.1. The van der Waals surface area contributed by atoms with Crippen LogP contribution >= 0.6 is 11.8 Å². The minimum Gasteiger partial charge on any atom is -0.270 e. The van der Waals surface area contributed by atoms with Crippen molar-refractivity contribution >= 4 is 11.8 Å². The molecule has 0 fully saturated rings. The number of halogens is 1. The van der Waals surface area contributed by atoms with Crippen LogP contribution in [0, 0.1) is 19.7 Å². The molecule has 0 saturated heterocycles. The Bertz CT molecular complexity index is 1100. The molecule has 5 heteroatoms. The monoisotopic (exact) mass is 389 g/mol. The highest BCUT2D eigenvalue weighted by molar-refractivity contribution is 7.98. The van der Waals surface area contributed by atoms with Crippen LogP contribution < -0.4 is 0 Å². The smallest absolute Gasteiger partial charge is 0.196 e. The van der Waals surface area contributed by atoms with E-state index in [9.17, 15) is 4.39 Å². The van der Waals surface area contributed by atoms with Crippen molar-refractivity contribution in [2.45, 2.75) is 24.8 Å². The van der Waals surface area contributed by atoms with Crippen LogP contribution in [0.25, 0.3) is 17.1 Å². The fourth-order valence-corrected chi connectivity index (χ4v) is 3.96. The van der Waals surface area contributed by atoms with Crippen LogP contribution in [0.4, 0.5) is 4.39 Å². The fourth-order valence-electron chi connectivity index (χ4n) is 3.02. The third kappa shape index (κ3) is 3.85. The maximum Gasteiger partial charge on any atom is 0.196 e. The van der Waals surface area contributed by atoms with E-state index in [2.05, 4.69) is 60.4 Å². The zero-order chi connectivity index (χ0) is 19.5. The fraction of sp³-hybridized carbons (Fsp3) is 0.130. The van der Waals surface area contributed by atoms with Crippen molar-refractivity contribution in [3.8, 4) is 17.1 Å². The topological polar surface area (TPSA) is 30.7 Å². The van der Waals surface area contributed by atoms with E-state index in [1.165, 1.54) is 23.4 Å². The Balaban J connectivity index is 1.76. The summed E-state index contributed by atoms with van der Waals surface area (Å²) < 4.78 is 16.1. The Hall–Kier alpha value is -2.92. The van der Waals surface area contributed by atoms with Gasteiger partial charge in [0.2, 0.25) is 0 Å². The van der Waals surface area contributed by atoms with Crippen LogP contribution in [0.15, 0.2) is 78.0 Å². The zero-order valence-electron chi connectivity index (χ0n) is 15.8. The minimum absolute atomic E-state index is 0.199. The van der Waals surface area contributed by atoms with E-state index >= 15 is 0 Å². The highest BCUT2D eigenvalue weighted by atomic mass is 32.2. The number of hydrogen-bond acceptors (Lipinski definition) is 3. The summed E-state index contributed by atoms with van der Waals surface area (Å²) in [5.41, 5.74) is 5.00. The Morgan fingerprint density at radius 3 is 2.39 bits per heavy atom. The van der Waals surface area contributed by atoms with Crippen LogP contribution in [-0.2, 0) is 5.75 Å². The van der Waals surface area contributed by atoms with Crippen molar-refractivity contribution < 1.29 is 4.39 Å². The molecule has 0 radical (unpaired) electrons. The molecule has 1 heterocycles. The Morgan fingerprint density at radius 1 is 0.857 bits per heavy atom. The molecule has 0 spiro atoms. The van der Waals surface area contributed by atoms with Gasteiger partial charge in [-0.05, 0) is 43.7 Å². The van der Waals surface area contributed by atoms with Gasteiger partial charge in [-0.2, -0.15) is 0 Å². The molecule has 0 amide bonds. The van der Waals surface area contributed by atoms with Gasteiger partial charge in [0.1, 0.15) is 5.82 Å². The van der Waals surface area contributed by atoms with Crippen molar-refractivity contribution in [3.05, 3.63) is 95.3 Å². The maximum atomic E-state index is 14.0. The van der Waals surface area contributed by atoms with Gasteiger partial charge in [0.05, 0.1) is 0 Å². The van der Waals surface area contributed by atoms with Gasteiger partial charge in [0.25, 0.3) is 0 Å². The van der Waals surface area contributed by atoms with Crippen molar-refractivity contribution in [2.75, 3.05) is 0 Å². The lowest BCUT2D eigenvalue weighted by Crippen LogP contribution is -2.00. The van der Waals surface area contributed by atoms with Crippen LogP contribution in [0.2, 0.25) is 0 Å². The molecule has 0 aliphatic carbocycles. The van der Waals surface area contributed by atoms with E-state index in [0.29, 0.717) is 11.3 Å². The van der Waals surface area contributed by atoms with Crippen molar-refractivity contribution in [1.82, 2.24) is 14.8 Å². The van der Waals surface area contributed by atoms with Gasteiger partial charge in [-0.25, -0.2) is 4.39 Å². The summed E-state index contributed by atoms with van der Waals surface area (Å²) >= 11 is 1.48. The molecule has 3 aromatic carbocycles. The molecule has 1 aromatic heterocycles. The number of thioether (sulfide) groups is 1. The Labute approximate surface area is 168 Å². The quantitative estimate of drug-likeness (QED) is 0.393. The summed E-state index contributed by atoms with van der Waals surface area (Å²) in [6.07, 6.45) is 0. The SMILES string of the molecule is Cc1ccc(-n2c(SCc3ccccc3F)nnc2-c2cccc(C)c2)cc1. The Kier molecular flexibility index (Phi) is 5.26. The summed E-state index contributed by atoms with van der Waals surface area (Å²) in [7, 11) is 0. The molecule has 28 heavy (non-hydrogen) atoms. The summed E-state index contributed by atoms with van der Waals surface area (Å²) in [4.78, 5) is 0. The lowest BCUT2D eigenvalue weighted by molar-refractivity contribution is 0.617. The molecule has 0 saturated carbocycles. The first kappa shape index (κ1) is 18.4. The van der Waals surface area contributed by atoms with Crippen LogP contribution in [0.3, 0.4) is 0 Å². The zero-order valence-corrected chi connectivity index (χ0v) is 16.6. The van der Waals surface area contributed by atoms with Crippen LogP contribution in [0.1, 0.15) is 16.7 Å². The highest BCUT2D eigenvalue weighted by Gasteiger charge is 2.17. The average Bonchev–Trinajstić information content (AvgIpc) is 3.12. The largest absolute Gasteiger partial charge is 0.270 e. The van der Waals surface area contributed by atoms with E-state index in [0.717, 1.165) is 27.8 Å². The van der Waals surface area contributed by atoms with Gasteiger partial charge in [-0.15, -0.1) is 10.2 Å². The molecule has 3 nitrogen and oxygen atoms in total. The molecule has 0 N–H and O–H groups in total. The number of nitrogens with zero attached hydrogens (tertiary/aromatic N) is 3. The average molecular weight is 389 g/mol. The number of aromatic nitrogens is 3. The molecular weight excluding hydrogens is 369 g/mol. The second-order valence-corrected chi connectivity index (χ2v) is 7.67. The van der Waals surface area contributed by atoms with Gasteiger partial charge in [-0.1, -0.05) is 71.4 Å². The summed E-state index contributed by atoms with van der Waals surface area (Å²) in [6, 6.07) is 23.3. The molecule has 4 aromatic rings. The van der Waals surface area contributed by atoms with E-state index in [-0.39, 0.29) is 5.82 Å². The van der Waals surface area contributed by atoms with E-state index in [1.807, 2.05) is 22.8 Å². The van der Waals surface area contributed by atoms with Crippen LogP contribution in [-0.4, -0.2) is 14.8 Å². The predicted molar refractivity (Wildman–Crippen MR) is 112 cm³/mol. The number of hydrogen-bond donors (Lipinski definition) is 0. The van der Waals surface area contributed by atoms with Gasteiger partial charge in [-0.3, -0.25) is 4.57 Å². The van der Waals surface area contributed by atoms with Gasteiger partial charge in [0.15, 0.2) is 11.0 Å². The molecule has 4 rings (SSSR count). The molecule has 0 atom stereocenters. The third-order valence-corrected chi connectivity index (χ3v) is 5.49. The first-order valence-corrected chi connectivity index (χ1v) is 10.1. The molecule has 0 bridgehead atoms. The van der Waals surface area contributed by atoms with Crippen LogP contribution in [0.5, 0.6) is 0 Å². The van der Waals surface area contributed by atoms with Crippen molar-refractivity contribution in [1.29, 1.82) is 0 Å². The molecule has 0 unspecified atom stereocenters. The molecule has 0 aliphatic heterocycles. The Morgan fingerprint density at radius 2 is 1.64 bits per heavy atom. The summed E-state index contributed by atoms with van der Waals surface area (Å²) in [5.74, 6) is 1.07. The summed E-state index contributed by atoms with van der Waals surface area (Å²) in [6.45, 7) is 4.12. The number of benzene rings is 3. The number of rotatable bonds is 5. The second kappa shape index (κ2) is 7.98. The lowest BCUT2D eigenvalue weighted by Gasteiger charge is -2.11. The highest BCUT2D eigenvalue weighted by Crippen LogP contribution is 2.30. The van der Waals surface area contributed by atoms with Crippen molar-refractivity contribution in [2.24, 2.45) is 0 Å². The standard InChI is InChI=1S/C23H20FN3S/c1-16-10-12-20(13-11-16)27-22(18-8-5-6-17(2)14-18)25-26-23(27)28-15-19-7-3-4-9-21(19)24/h3-14H,15H2,1-2H3.